The molecule has 1 aliphatic carbocycles. The van der Waals surface area contributed by atoms with Gasteiger partial charge in [0.2, 0.25) is 0 Å². The molecule has 3 aromatic heterocycles. The molecule has 0 unspecified atom stereocenters. The molecule has 80 heavy (non-hydrogen) atoms. The van der Waals surface area contributed by atoms with Crippen LogP contribution in [0.2, 0.25) is 0 Å². The lowest BCUT2D eigenvalue weighted by Crippen LogP contribution is -2.10. The third-order valence-electron chi connectivity index (χ3n) is 15.7. The largest absolute Gasteiger partial charge is 0.310 e. The standard InChI is InChI=1S/C74H52N6/c1-6-21-51(22-7-1)62-33-20-34-67-74(62)76-73(53-39-43-59(44-40-53)78(55-25-10-3-11-26-55)61-46-48-71-66(50-61)64-32-17-19-36-69(64)80(71)57-29-14-5-15-30-57)72(75-67)52-37-41-58(42-38-52)77(54-23-8-2-9-24-54)60-45-47-70-65(49-60)63-31-16-18-35-68(63)79(70)56-27-12-4-13-28-56/h1-16,18-31,33-50H,17,32H2. The SMILES string of the molecule is C1=Cc2c(c3cc(N(c4ccccc4)c4ccc(-c5nc6c(-c7ccccc7)cccc6nc5-c5ccc(N(c6ccccc6)c6ccc7c(c6)c6ccccc6n7-c6ccccc6)cc5)cc4)ccc3n2-c2ccccc2)CC1. The highest BCUT2D eigenvalue weighted by Crippen LogP contribution is 2.44. The summed E-state index contributed by atoms with van der Waals surface area (Å²) < 4.78 is 4.78. The third-order valence-corrected chi connectivity index (χ3v) is 15.7. The average molecular weight is 1030 g/mol. The van der Waals surface area contributed by atoms with E-state index in [9.17, 15) is 0 Å². The quantitative estimate of drug-likeness (QED) is 0.129. The van der Waals surface area contributed by atoms with Crippen LogP contribution in [-0.4, -0.2) is 19.1 Å². The van der Waals surface area contributed by atoms with E-state index in [0.717, 1.165) is 103 Å². The van der Waals surface area contributed by atoms with Crippen molar-refractivity contribution in [1.82, 2.24) is 19.1 Å². The van der Waals surface area contributed by atoms with E-state index < -0.39 is 0 Å². The topological polar surface area (TPSA) is 42.1 Å². The molecule has 0 radical (unpaired) electrons. The summed E-state index contributed by atoms with van der Waals surface area (Å²) in [6.07, 6.45) is 6.63. The number of hydrogen-bond acceptors (Lipinski definition) is 4. The maximum atomic E-state index is 5.63. The molecule has 0 fully saturated rings. The van der Waals surface area contributed by atoms with Crippen LogP contribution in [0.15, 0.2) is 285 Å². The van der Waals surface area contributed by atoms with Crippen molar-refractivity contribution in [2.24, 2.45) is 0 Å². The molecule has 0 saturated carbocycles. The summed E-state index contributed by atoms with van der Waals surface area (Å²) >= 11 is 0. The Labute approximate surface area is 464 Å². The minimum Gasteiger partial charge on any atom is -0.310 e. The van der Waals surface area contributed by atoms with Crippen LogP contribution >= 0.6 is 0 Å². The second-order valence-corrected chi connectivity index (χ2v) is 20.5. The predicted molar refractivity (Wildman–Crippen MR) is 334 cm³/mol. The van der Waals surface area contributed by atoms with Crippen molar-refractivity contribution in [3.8, 4) is 45.0 Å². The molecule has 0 atom stereocenters. The summed E-state index contributed by atoms with van der Waals surface area (Å²) in [6.45, 7) is 0. The van der Waals surface area contributed by atoms with Crippen LogP contribution in [0.3, 0.4) is 0 Å². The Balaban J connectivity index is 0.849. The van der Waals surface area contributed by atoms with Crippen molar-refractivity contribution in [2.75, 3.05) is 9.80 Å². The van der Waals surface area contributed by atoms with Crippen molar-refractivity contribution in [2.45, 2.75) is 12.8 Å². The van der Waals surface area contributed by atoms with Gasteiger partial charge in [-0.1, -0.05) is 164 Å². The molecule has 14 aromatic rings. The van der Waals surface area contributed by atoms with Gasteiger partial charge in [-0.15, -0.1) is 0 Å². The first kappa shape index (κ1) is 46.7. The van der Waals surface area contributed by atoms with Crippen molar-refractivity contribution in [3.63, 3.8) is 0 Å². The molecule has 6 heteroatoms. The highest BCUT2D eigenvalue weighted by Gasteiger charge is 2.24. The molecule has 0 aliphatic heterocycles. The maximum Gasteiger partial charge on any atom is 0.0973 e. The van der Waals surface area contributed by atoms with E-state index >= 15 is 0 Å². The van der Waals surface area contributed by atoms with E-state index in [1.807, 2.05) is 0 Å². The van der Waals surface area contributed by atoms with Crippen LogP contribution in [0.25, 0.3) is 94.8 Å². The average Bonchev–Trinajstić information content (AvgIpc) is 4.10. The Bertz CT molecular complexity index is 4610. The minimum absolute atomic E-state index is 0.815. The Morgan fingerprint density at radius 1 is 0.338 bits per heavy atom. The number of para-hydroxylation sites is 6. The summed E-state index contributed by atoms with van der Waals surface area (Å²) in [5.74, 6) is 0. The lowest BCUT2D eigenvalue weighted by Gasteiger charge is -2.26. The smallest absolute Gasteiger partial charge is 0.0973 e. The Hall–Kier alpha value is -10.6. The fourth-order valence-corrected chi connectivity index (χ4v) is 12.1. The van der Waals surface area contributed by atoms with Crippen LogP contribution in [-0.2, 0) is 6.42 Å². The summed E-state index contributed by atoms with van der Waals surface area (Å²) in [4.78, 5) is 15.9. The van der Waals surface area contributed by atoms with Gasteiger partial charge < -0.3 is 18.9 Å². The van der Waals surface area contributed by atoms with Gasteiger partial charge in [0.15, 0.2) is 0 Å². The number of fused-ring (bicyclic) bond motifs is 7. The van der Waals surface area contributed by atoms with Crippen LogP contribution in [0.1, 0.15) is 17.7 Å². The molecule has 378 valence electrons. The van der Waals surface area contributed by atoms with Crippen LogP contribution < -0.4 is 9.80 Å². The van der Waals surface area contributed by atoms with Crippen molar-refractivity contribution in [3.05, 3.63) is 296 Å². The summed E-state index contributed by atoms with van der Waals surface area (Å²) in [6, 6.07) is 99.7. The molecule has 3 heterocycles. The number of benzene rings is 11. The number of hydrogen-bond donors (Lipinski definition) is 0. The lowest BCUT2D eigenvalue weighted by atomic mass is 9.99. The molecule has 15 rings (SSSR count). The number of rotatable bonds is 11. The second-order valence-electron chi connectivity index (χ2n) is 20.5. The Kier molecular flexibility index (Phi) is 11.6. The molecule has 11 aromatic carbocycles. The first-order valence-corrected chi connectivity index (χ1v) is 27.5. The zero-order chi connectivity index (χ0) is 52.9. The summed E-state index contributed by atoms with van der Waals surface area (Å²) in [5.41, 5.74) is 22.3. The van der Waals surface area contributed by atoms with Gasteiger partial charge in [0.25, 0.3) is 0 Å². The monoisotopic (exact) mass is 1020 g/mol. The van der Waals surface area contributed by atoms with E-state index in [0.29, 0.717) is 0 Å². The molecule has 0 amide bonds. The molecule has 0 N–H and O–H groups in total. The fourth-order valence-electron chi connectivity index (χ4n) is 12.1. The van der Waals surface area contributed by atoms with E-state index in [-0.39, 0.29) is 0 Å². The lowest BCUT2D eigenvalue weighted by molar-refractivity contribution is 0.967. The first-order valence-electron chi connectivity index (χ1n) is 27.5. The Morgan fingerprint density at radius 3 is 1.43 bits per heavy atom. The fraction of sp³-hybridized carbons (Fsp3) is 0.0270. The second kappa shape index (κ2) is 19.8. The normalized spacial score (nSPS) is 12.1. The van der Waals surface area contributed by atoms with Gasteiger partial charge in [0, 0.05) is 84.0 Å². The molecule has 6 nitrogen and oxygen atoms in total. The molecule has 1 aliphatic rings. The molecular formula is C74H52N6. The van der Waals surface area contributed by atoms with Gasteiger partial charge in [-0.25, -0.2) is 9.97 Å². The van der Waals surface area contributed by atoms with Gasteiger partial charge in [0.05, 0.1) is 39.0 Å². The van der Waals surface area contributed by atoms with E-state index in [1.54, 1.807) is 0 Å². The number of anilines is 6. The highest BCUT2D eigenvalue weighted by molar-refractivity contribution is 6.11. The predicted octanol–water partition coefficient (Wildman–Crippen LogP) is 19.6. The first-order chi connectivity index (χ1) is 39.7. The Morgan fingerprint density at radius 2 is 0.812 bits per heavy atom. The van der Waals surface area contributed by atoms with Crippen LogP contribution in [0, 0.1) is 0 Å². The van der Waals surface area contributed by atoms with Crippen LogP contribution in [0.4, 0.5) is 34.1 Å². The molecular weight excluding hydrogens is 973 g/mol. The van der Waals surface area contributed by atoms with Crippen molar-refractivity contribution < 1.29 is 0 Å². The third kappa shape index (κ3) is 8.12. The zero-order valence-corrected chi connectivity index (χ0v) is 43.8. The van der Waals surface area contributed by atoms with Crippen molar-refractivity contribution >= 4 is 83.9 Å². The number of aromatic nitrogens is 4. The van der Waals surface area contributed by atoms with Crippen LogP contribution in [0.5, 0.6) is 0 Å². The zero-order valence-electron chi connectivity index (χ0n) is 43.8. The van der Waals surface area contributed by atoms with Gasteiger partial charge in [-0.3, -0.25) is 0 Å². The number of nitrogens with zero attached hydrogens (tertiary/aromatic N) is 6. The molecule has 0 spiro atoms. The summed E-state index contributed by atoms with van der Waals surface area (Å²) in [7, 11) is 0. The molecule has 0 saturated heterocycles. The highest BCUT2D eigenvalue weighted by atomic mass is 15.1. The maximum absolute atomic E-state index is 5.63. The van der Waals surface area contributed by atoms with Gasteiger partial charge in [-0.05, 0) is 151 Å². The number of aryl methyl sites for hydroxylation is 1. The van der Waals surface area contributed by atoms with E-state index in [4.69, 9.17) is 9.97 Å². The van der Waals surface area contributed by atoms with Crippen molar-refractivity contribution in [1.29, 1.82) is 0 Å². The molecule has 0 bridgehead atoms. The van der Waals surface area contributed by atoms with Gasteiger partial charge >= 0.3 is 0 Å². The minimum atomic E-state index is 0.815. The van der Waals surface area contributed by atoms with E-state index in [2.05, 4.69) is 310 Å². The van der Waals surface area contributed by atoms with E-state index in [1.165, 1.54) is 44.1 Å². The van der Waals surface area contributed by atoms with Gasteiger partial charge in [-0.2, -0.15) is 0 Å². The summed E-state index contributed by atoms with van der Waals surface area (Å²) in [5, 5.41) is 3.68. The van der Waals surface area contributed by atoms with Gasteiger partial charge in [0.1, 0.15) is 0 Å². The number of allylic oxidation sites excluding steroid dienone is 1.